The predicted molar refractivity (Wildman–Crippen MR) is 166 cm³/mol. The maximum absolute atomic E-state index is 11.5. The second-order valence-corrected chi connectivity index (χ2v) is 17.5. The van der Waals surface area contributed by atoms with E-state index in [4.69, 9.17) is 14.1 Å². The summed E-state index contributed by atoms with van der Waals surface area (Å²) in [6.45, 7) is 15.1. The topological polar surface area (TPSA) is 100 Å². The molecule has 1 N–H and O–H groups in total. The van der Waals surface area contributed by atoms with E-state index in [1.165, 1.54) is 13.0 Å². The number of aryl methyl sites for hydroxylation is 1. The molecule has 1 aromatic heterocycles. The Hall–Kier alpha value is -3.68. The molecule has 10 heteroatoms. The fraction of sp³-hybridized carbons (Fsp3) is 0.419. The van der Waals surface area contributed by atoms with Crippen molar-refractivity contribution in [3.8, 4) is 23.1 Å². The number of rotatable bonds is 8. The zero-order valence-corrected chi connectivity index (χ0v) is 25.7. The van der Waals surface area contributed by atoms with Gasteiger partial charge in [-0.25, -0.2) is 9.97 Å². The Morgan fingerprint density at radius 1 is 1.27 bits per heavy atom. The molecule has 0 saturated heterocycles. The number of anilines is 3. The van der Waals surface area contributed by atoms with Crippen LogP contribution in [-0.2, 0) is 21.1 Å². The molecule has 0 fully saturated rings. The van der Waals surface area contributed by atoms with Gasteiger partial charge in [0, 0.05) is 41.7 Å². The van der Waals surface area contributed by atoms with Crippen LogP contribution in [0.25, 0.3) is 11.3 Å². The lowest BCUT2D eigenvalue weighted by Crippen LogP contribution is -2.46. The van der Waals surface area contributed by atoms with Crippen LogP contribution in [0.4, 0.5) is 17.3 Å². The Bertz CT molecular complexity index is 1520. The second-order valence-electron chi connectivity index (χ2n) is 12.7. The summed E-state index contributed by atoms with van der Waals surface area (Å²) < 4.78 is 12.4. The van der Waals surface area contributed by atoms with Crippen LogP contribution in [0.1, 0.15) is 50.8 Å². The molecule has 1 atom stereocenters. The third-order valence-corrected chi connectivity index (χ3v) is 13.1. The lowest BCUT2D eigenvalue weighted by atomic mass is 9.83. The number of benzene rings is 2. The highest BCUT2D eigenvalue weighted by molar-refractivity contribution is 6.74. The first kappa shape index (κ1) is 28.8. The second kappa shape index (κ2) is 11.0. The minimum absolute atomic E-state index is 0.0640. The number of hydrogen-bond donors (Lipinski definition) is 1. The Balaban J connectivity index is 1.50. The number of nitrogens with one attached hydrogen (secondary N) is 1. The molecule has 1 unspecified atom stereocenters. The first-order valence-electron chi connectivity index (χ1n) is 14.1. The highest BCUT2D eigenvalue weighted by Gasteiger charge is 2.44. The molecule has 8 nitrogen and oxygen atoms in total. The molecule has 2 aliphatic heterocycles. The first-order chi connectivity index (χ1) is 19.4. The zero-order chi connectivity index (χ0) is 29.4. The van der Waals surface area contributed by atoms with Crippen molar-refractivity contribution in [2.75, 3.05) is 29.9 Å². The highest BCUT2D eigenvalue weighted by Crippen LogP contribution is 2.46. The maximum atomic E-state index is 11.5. The van der Waals surface area contributed by atoms with E-state index in [2.05, 4.69) is 69.3 Å². The molecular weight excluding hydrogens is 529 g/mol. The van der Waals surface area contributed by atoms with E-state index in [0.717, 1.165) is 53.9 Å². The minimum Gasteiger partial charge on any atom is -0.493 e. The maximum Gasteiger partial charge on any atom is 0.329 e. The molecular formula is C31H37BN5O3Si. The van der Waals surface area contributed by atoms with Crippen molar-refractivity contribution >= 4 is 39.2 Å². The Morgan fingerprint density at radius 3 is 2.80 bits per heavy atom. The number of nitriles is 1. The van der Waals surface area contributed by atoms with Crippen LogP contribution in [-0.4, -0.2) is 51.6 Å². The van der Waals surface area contributed by atoms with Gasteiger partial charge in [-0.2, -0.15) is 5.26 Å². The molecule has 0 amide bonds. The molecule has 0 bridgehead atoms. The van der Waals surface area contributed by atoms with E-state index in [1.54, 1.807) is 6.20 Å². The minimum atomic E-state index is -2.03. The molecule has 0 aliphatic carbocycles. The van der Waals surface area contributed by atoms with Crippen LogP contribution in [0.2, 0.25) is 18.1 Å². The smallest absolute Gasteiger partial charge is 0.329 e. The van der Waals surface area contributed by atoms with E-state index in [1.807, 2.05) is 29.1 Å². The standard InChI is InChI=1S/C31H37BN5O3Si/c1-30(2,3)41(5,6)40-19-31(4)18-37(32-20-38)28-23(17-33)14-22(16-25(28)31)26-11-12-34-29(36-26)35-24-9-10-27-21(15-24)8-7-13-39-27/h9-12,14-16,20H,7-8,13,18-19H2,1-6H3,(H,34,35,36). The third-order valence-electron chi connectivity index (χ3n) is 8.60. The van der Waals surface area contributed by atoms with Crippen molar-refractivity contribution < 1.29 is 14.0 Å². The average molecular weight is 567 g/mol. The quantitative estimate of drug-likeness (QED) is 0.262. The van der Waals surface area contributed by atoms with Gasteiger partial charge in [0.25, 0.3) is 0 Å². The van der Waals surface area contributed by atoms with Crippen LogP contribution < -0.4 is 14.9 Å². The van der Waals surface area contributed by atoms with Crippen molar-refractivity contribution in [1.82, 2.24) is 9.97 Å². The van der Waals surface area contributed by atoms with Gasteiger partial charge in [0.2, 0.25) is 5.95 Å². The van der Waals surface area contributed by atoms with Gasteiger partial charge in [0.1, 0.15) is 18.0 Å². The fourth-order valence-electron chi connectivity index (χ4n) is 5.20. The van der Waals surface area contributed by atoms with Gasteiger partial charge in [-0.1, -0.05) is 27.7 Å². The van der Waals surface area contributed by atoms with Gasteiger partial charge in [0.15, 0.2) is 8.32 Å². The van der Waals surface area contributed by atoms with Crippen molar-refractivity contribution in [3.63, 3.8) is 0 Å². The van der Waals surface area contributed by atoms with Crippen LogP contribution in [0, 0.1) is 11.3 Å². The fourth-order valence-corrected chi connectivity index (χ4v) is 6.32. The molecule has 1 radical (unpaired) electrons. The molecule has 2 aromatic carbocycles. The van der Waals surface area contributed by atoms with Gasteiger partial charge in [-0.05, 0) is 78.5 Å². The summed E-state index contributed by atoms with van der Waals surface area (Å²) in [4.78, 5) is 22.7. The van der Waals surface area contributed by atoms with E-state index < -0.39 is 13.7 Å². The van der Waals surface area contributed by atoms with Gasteiger partial charge in [-0.3, -0.25) is 0 Å². The largest absolute Gasteiger partial charge is 0.493 e. The van der Waals surface area contributed by atoms with Crippen molar-refractivity contribution in [3.05, 3.63) is 59.3 Å². The molecule has 0 spiro atoms. The first-order valence-corrected chi connectivity index (χ1v) is 17.0. The lowest BCUT2D eigenvalue weighted by Gasteiger charge is -2.39. The van der Waals surface area contributed by atoms with E-state index in [-0.39, 0.29) is 5.04 Å². The van der Waals surface area contributed by atoms with Crippen molar-refractivity contribution in [2.24, 2.45) is 0 Å². The van der Waals surface area contributed by atoms with Gasteiger partial charge in [-0.15, -0.1) is 0 Å². The number of nitrogens with zero attached hydrogens (tertiary/aromatic N) is 4. The summed E-state index contributed by atoms with van der Waals surface area (Å²) >= 11 is 0. The molecule has 41 heavy (non-hydrogen) atoms. The number of hydrogen-bond acceptors (Lipinski definition) is 8. The molecule has 0 saturated carbocycles. The molecule has 2 aliphatic rings. The Morgan fingerprint density at radius 2 is 2.07 bits per heavy atom. The SMILES string of the molecule is CC1(CO[Si](C)(C)C(C)(C)C)CN([B]C=O)c2c(C#N)cc(-c3ccnc(Nc4ccc5c(c4)CCCO5)n3)cc21. The zero-order valence-electron chi connectivity index (χ0n) is 24.7. The van der Waals surface area contributed by atoms with Gasteiger partial charge >= 0.3 is 7.41 Å². The molecule has 3 aromatic rings. The van der Waals surface area contributed by atoms with Crippen LogP contribution in [0.15, 0.2) is 42.6 Å². The third kappa shape index (κ3) is 5.74. The number of carbonyl (C=O) groups is 1. The molecule has 5 rings (SSSR count). The van der Waals surface area contributed by atoms with E-state index >= 15 is 0 Å². The summed E-state index contributed by atoms with van der Waals surface area (Å²) in [7, 11) is -0.528. The van der Waals surface area contributed by atoms with Gasteiger partial charge < -0.3 is 24.1 Å². The summed E-state index contributed by atoms with van der Waals surface area (Å²) in [5.41, 5.74) is 5.39. The number of fused-ring (bicyclic) bond motifs is 2. The highest BCUT2D eigenvalue weighted by atomic mass is 28.4. The number of ether oxygens (including phenoxy) is 1. The monoisotopic (exact) mass is 566 g/mol. The summed E-state index contributed by atoms with van der Waals surface area (Å²) in [5, 5.41) is 13.6. The lowest BCUT2D eigenvalue weighted by molar-refractivity contribution is 0.219. The normalized spacial score (nSPS) is 18.1. The predicted octanol–water partition coefficient (Wildman–Crippen LogP) is 5.99. The van der Waals surface area contributed by atoms with Crippen molar-refractivity contribution in [1.29, 1.82) is 5.26 Å². The summed E-state index contributed by atoms with van der Waals surface area (Å²) in [5.74, 6) is 1.40. The van der Waals surface area contributed by atoms with E-state index in [9.17, 15) is 10.1 Å². The number of aromatic nitrogens is 2. The Labute approximate surface area is 244 Å². The molecule has 211 valence electrons. The van der Waals surface area contributed by atoms with Crippen LogP contribution in [0.3, 0.4) is 0 Å². The average Bonchev–Trinajstić information content (AvgIpc) is 3.23. The van der Waals surface area contributed by atoms with E-state index in [0.29, 0.717) is 30.4 Å². The van der Waals surface area contributed by atoms with Crippen LogP contribution >= 0.6 is 0 Å². The van der Waals surface area contributed by atoms with Crippen LogP contribution in [0.5, 0.6) is 5.75 Å². The van der Waals surface area contributed by atoms with Gasteiger partial charge in [0.05, 0.1) is 17.9 Å². The summed E-state index contributed by atoms with van der Waals surface area (Å²) in [6.07, 6.45) is 4.48. The molecule has 3 heterocycles. The Kier molecular flexibility index (Phi) is 7.70. The number of carbonyl (C=O) groups excluding carboxylic acids is 1. The van der Waals surface area contributed by atoms with Crippen molar-refractivity contribution in [2.45, 2.75) is 64.1 Å². The summed E-state index contributed by atoms with van der Waals surface area (Å²) in [6, 6.07) is 14.2.